The number of halogens is 1. The van der Waals surface area contributed by atoms with Crippen molar-refractivity contribution in [3.05, 3.63) is 29.3 Å². The lowest BCUT2D eigenvalue weighted by Crippen LogP contribution is -2.53. The molecule has 3 fully saturated rings. The van der Waals surface area contributed by atoms with E-state index in [9.17, 15) is 14.4 Å². The SMILES string of the molecule is CC(=O)N1CCC(C(=O)N2CCC[C@@](COc3cccc(Cl)c3)(CC(=O)N3CCCCC3)C2)CC1. The molecule has 3 aliphatic rings. The number of benzene rings is 1. The van der Waals surface area contributed by atoms with E-state index in [2.05, 4.69) is 0 Å². The average Bonchev–Trinajstić information content (AvgIpc) is 2.88. The Bertz CT molecular complexity index is 911. The van der Waals surface area contributed by atoms with Crippen LogP contribution in [0.25, 0.3) is 0 Å². The molecule has 0 bridgehead atoms. The highest BCUT2D eigenvalue weighted by Crippen LogP contribution is 2.37. The number of likely N-dealkylation sites (tertiary alicyclic amines) is 3. The van der Waals surface area contributed by atoms with Gasteiger partial charge in [0.05, 0.1) is 6.61 Å². The molecule has 7 nitrogen and oxygen atoms in total. The van der Waals surface area contributed by atoms with Crippen molar-refractivity contribution >= 4 is 29.3 Å². The molecule has 3 aliphatic heterocycles. The minimum absolute atomic E-state index is 0.0620. The molecule has 8 heteroatoms. The summed E-state index contributed by atoms with van der Waals surface area (Å²) in [5.74, 6) is 1.02. The molecule has 0 radical (unpaired) electrons. The lowest BCUT2D eigenvalue weighted by molar-refractivity contribution is -0.146. The summed E-state index contributed by atoms with van der Waals surface area (Å²) in [6, 6.07) is 7.33. The van der Waals surface area contributed by atoms with E-state index in [-0.39, 0.29) is 23.6 Å². The number of ether oxygens (including phenoxy) is 1. The van der Waals surface area contributed by atoms with Crippen molar-refractivity contribution in [3.8, 4) is 5.75 Å². The number of hydrogen-bond donors (Lipinski definition) is 0. The van der Waals surface area contributed by atoms with Crippen molar-refractivity contribution in [3.63, 3.8) is 0 Å². The minimum atomic E-state index is -0.426. The average molecular weight is 504 g/mol. The van der Waals surface area contributed by atoms with Crippen molar-refractivity contribution < 1.29 is 19.1 Å². The van der Waals surface area contributed by atoms with Crippen LogP contribution in [0.4, 0.5) is 0 Å². The first-order valence-corrected chi connectivity index (χ1v) is 13.4. The number of carbonyl (C=O) groups is 3. The molecule has 1 aromatic rings. The van der Waals surface area contributed by atoms with Gasteiger partial charge >= 0.3 is 0 Å². The Kier molecular flexibility index (Phi) is 8.58. The summed E-state index contributed by atoms with van der Waals surface area (Å²) in [5.41, 5.74) is -0.426. The fourth-order valence-corrected chi connectivity index (χ4v) is 5.96. The third kappa shape index (κ3) is 6.69. The van der Waals surface area contributed by atoms with Gasteiger partial charge < -0.3 is 19.4 Å². The van der Waals surface area contributed by atoms with Gasteiger partial charge in [-0.2, -0.15) is 0 Å². The highest BCUT2D eigenvalue weighted by atomic mass is 35.5. The van der Waals surface area contributed by atoms with Crippen molar-refractivity contribution in [2.24, 2.45) is 11.3 Å². The molecule has 1 atom stereocenters. The topological polar surface area (TPSA) is 70.2 Å². The first-order chi connectivity index (χ1) is 16.8. The number of nitrogens with zero attached hydrogens (tertiary/aromatic N) is 3. The lowest BCUT2D eigenvalue weighted by atomic mass is 9.76. The highest BCUT2D eigenvalue weighted by Gasteiger charge is 2.42. The van der Waals surface area contributed by atoms with Gasteiger partial charge in [-0.3, -0.25) is 14.4 Å². The van der Waals surface area contributed by atoms with Gasteiger partial charge in [0.2, 0.25) is 17.7 Å². The van der Waals surface area contributed by atoms with Gasteiger partial charge in [-0.15, -0.1) is 0 Å². The third-order valence-corrected chi connectivity index (χ3v) is 8.07. The van der Waals surface area contributed by atoms with Gasteiger partial charge in [0.25, 0.3) is 0 Å². The second-order valence-electron chi connectivity index (χ2n) is 10.5. The minimum Gasteiger partial charge on any atom is -0.493 e. The molecule has 1 aromatic carbocycles. The van der Waals surface area contributed by atoms with Crippen molar-refractivity contribution in [2.45, 2.75) is 58.3 Å². The number of piperidine rings is 3. The van der Waals surface area contributed by atoms with Gasteiger partial charge in [-0.25, -0.2) is 0 Å². The molecule has 4 rings (SSSR count). The van der Waals surface area contributed by atoms with E-state index in [1.54, 1.807) is 13.0 Å². The Morgan fingerprint density at radius 1 is 0.971 bits per heavy atom. The Morgan fingerprint density at radius 2 is 1.69 bits per heavy atom. The fraction of sp³-hybridized carbons (Fsp3) is 0.667. The van der Waals surface area contributed by atoms with Gasteiger partial charge in [-0.1, -0.05) is 17.7 Å². The number of amides is 3. The quantitative estimate of drug-likeness (QED) is 0.588. The number of carbonyl (C=O) groups excluding carboxylic acids is 3. The summed E-state index contributed by atoms with van der Waals surface area (Å²) in [6.07, 6.45) is 6.78. The smallest absolute Gasteiger partial charge is 0.225 e. The van der Waals surface area contributed by atoms with Crippen molar-refractivity contribution in [1.29, 1.82) is 0 Å². The maximum absolute atomic E-state index is 13.5. The zero-order chi connectivity index (χ0) is 24.8. The molecule has 3 saturated heterocycles. The molecule has 0 N–H and O–H groups in total. The van der Waals surface area contributed by atoms with Crippen LogP contribution in [0.5, 0.6) is 5.75 Å². The van der Waals surface area contributed by atoms with Gasteiger partial charge in [0, 0.05) is 69.0 Å². The molecule has 0 saturated carbocycles. The Balaban J connectivity index is 1.46. The molecule has 0 spiro atoms. The second-order valence-corrected chi connectivity index (χ2v) is 10.9. The lowest BCUT2D eigenvalue weighted by Gasteiger charge is -2.44. The Hall–Kier alpha value is -2.28. The van der Waals surface area contributed by atoms with E-state index in [1.807, 2.05) is 32.9 Å². The van der Waals surface area contributed by atoms with Crippen molar-refractivity contribution in [1.82, 2.24) is 14.7 Å². The van der Waals surface area contributed by atoms with Gasteiger partial charge in [0.1, 0.15) is 5.75 Å². The maximum Gasteiger partial charge on any atom is 0.225 e. The van der Waals surface area contributed by atoms with Gasteiger partial charge in [-0.05, 0) is 63.1 Å². The molecule has 0 aromatic heterocycles. The van der Waals surface area contributed by atoms with Gasteiger partial charge in [0.15, 0.2) is 0 Å². The zero-order valence-corrected chi connectivity index (χ0v) is 21.6. The highest BCUT2D eigenvalue weighted by molar-refractivity contribution is 6.30. The summed E-state index contributed by atoms with van der Waals surface area (Å²) in [6.45, 7) is 6.11. The monoisotopic (exact) mass is 503 g/mol. The van der Waals surface area contributed by atoms with Crippen LogP contribution < -0.4 is 4.74 Å². The van der Waals surface area contributed by atoms with E-state index < -0.39 is 5.41 Å². The van der Waals surface area contributed by atoms with Crippen LogP contribution in [-0.4, -0.2) is 78.3 Å². The normalized spacial score (nSPS) is 23.8. The van der Waals surface area contributed by atoms with E-state index >= 15 is 0 Å². The Labute approximate surface area is 213 Å². The first-order valence-electron chi connectivity index (χ1n) is 13.1. The van der Waals surface area contributed by atoms with E-state index in [0.29, 0.717) is 62.8 Å². The fourth-order valence-electron chi connectivity index (χ4n) is 5.78. The summed E-state index contributed by atoms with van der Waals surface area (Å²) >= 11 is 6.15. The summed E-state index contributed by atoms with van der Waals surface area (Å²) in [4.78, 5) is 44.3. The Morgan fingerprint density at radius 3 is 2.37 bits per heavy atom. The van der Waals surface area contributed by atoms with Crippen LogP contribution >= 0.6 is 11.6 Å². The van der Waals surface area contributed by atoms with Crippen molar-refractivity contribution in [2.75, 3.05) is 45.9 Å². The molecule has 35 heavy (non-hydrogen) atoms. The predicted molar refractivity (Wildman–Crippen MR) is 135 cm³/mol. The molecule has 3 amide bonds. The molecule has 3 heterocycles. The second kappa shape index (κ2) is 11.6. The maximum atomic E-state index is 13.5. The largest absolute Gasteiger partial charge is 0.493 e. The zero-order valence-electron chi connectivity index (χ0n) is 20.8. The molecular formula is C27H38ClN3O4. The van der Waals surface area contributed by atoms with Crippen LogP contribution in [0.3, 0.4) is 0 Å². The van der Waals surface area contributed by atoms with Crippen LogP contribution in [0.15, 0.2) is 24.3 Å². The van der Waals surface area contributed by atoms with E-state index in [1.165, 1.54) is 6.42 Å². The summed E-state index contributed by atoms with van der Waals surface area (Å²) in [5, 5.41) is 0.610. The molecular weight excluding hydrogens is 466 g/mol. The van der Waals surface area contributed by atoms with Crippen LogP contribution in [0, 0.1) is 11.3 Å². The third-order valence-electron chi connectivity index (χ3n) is 7.84. The molecule has 0 aliphatic carbocycles. The first kappa shape index (κ1) is 25.8. The standard InChI is InChI=1S/C27H38ClN3O4/c1-21(32)29-15-9-22(10-16-29)26(34)31-14-6-11-27(19-31,18-25(33)30-12-3-2-4-13-30)20-35-24-8-5-7-23(28)17-24/h5,7-8,17,22H,2-4,6,9-16,18-20H2,1H3/t27-/m1/s1. The number of hydrogen-bond acceptors (Lipinski definition) is 4. The number of rotatable bonds is 6. The van der Waals surface area contributed by atoms with E-state index in [4.69, 9.17) is 16.3 Å². The van der Waals surface area contributed by atoms with Crippen LogP contribution in [0.2, 0.25) is 5.02 Å². The van der Waals surface area contributed by atoms with E-state index in [0.717, 1.165) is 38.8 Å². The molecule has 192 valence electrons. The van der Waals surface area contributed by atoms with Crippen LogP contribution in [0.1, 0.15) is 58.3 Å². The molecule has 0 unspecified atom stereocenters. The summed E-state index contributed by atoms with van der Waals surface area (Å²) in [7, 11) is 0. The van der Waals surface area contributed by atoms with Crippen LogP contribution in [-0.2, 0) is 14.4 Å². The summed E-state index contributed by atoms with van der Waals surface area (Å²) < 4.78 is 6.19. The predicted octanol–water partition coefficient (Wildman–Crippen LogP) is 3.99.